The molecule has 1 saturated heterocycles. The zero-order valence-corrected chi connectivity index (χ0v) is 20.5. The Morgan fingerprint density at radius 3 is 2.78 bits per heavy atom. The van der Waals surface area contributed by atoms with Crippen molar-refractivity contribution < 1.29 is 13.5 Å². The molecule has 4 aromatic rings. The fourth-order valence-corrected chi connectivity index (χ4v) is 4.17. The van der Waals surface area contributed by atoms with Crippen LogP contribution >= 0.6 is 0 Å². The number of nitrogens with one attached hydrogen (secondary N) is 2. The number of hydrogen-bond donors (Lipinski definition) is 2. The van der Waals surface area contributed by atoms with Crippen molar-refractivity contribution in [2.75, 3.05) is 42.3 Å². The topological polar surface area (TPSA) is 101 Å². The van der Waals surface area contributed by atoms with E-state index in [1.165, 1.54) is 0 Å². The predicted molar refractivity (Wildman–Crippen MR) is 138 cm³/mol. The van der Waals surface area contributed by atoms with E-state index in [9.17, 15) is 4.39 Å². The number of pyridine rings is 1. The van der Waals surface area contributed by atoms with Crippen molar-refractivity contribution in [2.24, 2.45) is 0 Å². The Hall–Kier alpha value is -4.21. The molecular formula is C26H28FN7O2. The number of hydrogen-bond acceptors (Lipinski definition) is 9. The monoisotopic (exact) mass is 489 g/mol. The van der Waals surface area contributed by atoms with E-state index >= 15 is 0 Å². The quantitative estimate of drug-likeness (QED) is 0.344. The zero-order valence-electron chi connectivity index (χ0n) is 20.5. The number of oxazole rings is 1. The smallest absolute Gasteiger partial charge is 0.295 e. The van der Waals surface area contributed by atoms with Crippen LogP contribution in [0.1, 0.15) is 18.9 Å². The molecule has 1 aromatic carbocycles. The molecule has 1 aliphatic heterocycles. The van der Waals surface area contributed by atoms with E-state index in [1.807, 2.05) is 49.1 Å². The number of aryl methyl sites for hydroxylation is 1. The highest BCUT2D eigenvalue weighted by molar-refractivity contribution is 5.78. The molecule has 0 amide bonds. The number of halogens is 1. The number of rotatable bonds is 8. The van der Waals surface area contributed by atoms with Crippen molar-refractivity contribution in [3.8, 4) is 28.5 Å². The Bertz CT molecular complexity index is 1340. The average Bonchev–Trinajstić information content (AvgIpc) is 3.51. The van der Waals surface area contributed by atoms with E-state index in [2.05, 4.69) is 30.6 Å². The van der Waals surface area contributed by atoms with Crippen molar-refractivity contribution in [2.45, 2.75) is 26.4 Å². The number of ether oxygens (including phenoxy) is 1. The largest absolute Gasteiger partial charge is 0.497 e. The third-order valence-electron chi connectivity index (χ3n) is 5.86. The Morgan fingerprint density at radius 1 is 1.17 bits per heavy atom. The molecule has 3 aromatic heterocycles. The lowest BCUT2D eigenvalue weighted by Crippen LogP contribution is -2.20. The first-order chi connectivity index (χ1) is 17.5. The Kier molecular flexibility index (Phi) is 6.66. The van der Waals surface area contributed by atoms with Gasteiger partial charge in [-0.05, 0) is 62.2 Å². The standard InChI is InChI=1S/C26H28FN7O2/c1-4-28-26-33-23(17-11-16(2)12-20(13-17)35-3)24(36-26)21-7-9-29-25(32-21)31-19-5-6-22(30-14-19)34-10-8-18(27)15-34/h5-7,9,11-14,18H,4,8,10,15H2,1-3H3,(H,28,33)(H,29,31,32)/t18-/m1/s1. The summed E-state index contributed by atoms with van der Waals surface area (Å²) in [6, 6.07) is 11.8. The van der Waals surface area contributed by atoms with E-state index in [4.69, 9.17) is 9.15 Å². The van der Waals surface area contributed by atoms with Gasteiger partial charge in [-0.25, -0.2) is 19.3 Å². The van der Waals surface area contributed by atoms with E-state index in [0.29, 0.717) is 55.2 Å². The maximum absolute atomic E-state index is 13.5. The molecule has 9 nitrogen and oxygen atoms in total. The minimum absolute atomic E-state index is 0.381. The predicted octanol–water partition coefficient (Wildman–Crippen LogP) is 5.23. The molecule has 36 heavy (non-hydrogen) atoms. The fraction of sp³-hybridized carbons (Fsp3) is 0.308. The lowest BCUT2D eigenvalue weighted by Gasteiger charge is -2.16. The summed E-state index contributed by atoms with van der Waals surface area (Å²) in [5, 5.41) is 6.32. The summed E-state index contributed by atoms with van der Waals surface area (Å²) in [4.78, 5) is 20.1. The molecule has 1 fully saturated rings. The molecule has 186 valence electrons. The molecule has 0 radical (unpaired) electrons. The van der Waals surface area contributed by atoms with Gasteiger partial charge in [0.05, 0.1) is 25.5 Å². The van der Waals surface area contributed by atoms with Crippen LogP contribution in [0.4, 0.5) is 27.9 Å². The first-order valence-electron chi connectivity index (χ1n) is 11.9. The molecule has 0 bridgehead atoms. The minimum Gasteiger partial charge on any atom is -0.497 e. The van der Waals surface area contributed by atoms with Crippen molar-refractivity contribution >= 4 is 23.5 Å². The summed E-state index contributed by atoms with van der Waals surface area (Å²) >= 11 is 0. The average molecular weight is 490 g/mol. The van der Waals surface area contributed by atoms with E-state index in [1.54, 1.807) is 25.6 Å². The van der Waals surface area contributed by atoms with Crippen molar-refractivity contribution in [1.82, 2.24) is 19.9 Å². The maximum atomic E-state index is 13.5. The normalized spacial score (nSPS) is 15.2. The van der Waals surface area contributed by atoms with Crippen LogP contribution in [0.15, 0.2) is 53.2 Å². The number of alkyl halides is 1. The van der Waals surface area contributed by atoms with Gasteiger partial charge < -0.3 is 24.7 Å². The summed E-state index contributed by atoms with van der Waals surface area (Å²) in [5.74, 6) is 2.40. The van der Waals surface area contributed by atoms with Gasteiger partial charge in [-0.3, -0.25) is 0 Å². The van der Waals surface area contributed by atoms with Crippen LogP contribution in [0.25, 0.3) is 22.7 Å². The lowest BCUT2D eigenvalue weighted by atomic mass is 10.1. The first-order valence-corrected chi connectivity index (χ1v) is 11.9. The molecule has 1 aliphatic rings. The van der Waals surface area contributed by atoms with Gasteiger partial charge in [0.15, 0.2) is 5.76 Å². The van der Waals surface area contributed by atoms with Gasteiger partial charge in [0.25, 0.3) is 6.01 Å². The first kappa shape index (κ1) is 23.5. The second kappa shape index (κ2) is 10.2. The molecule has 4 heterocycles. The van der Waals surface area contributed by atoms with Gasteiger partial charge in [0, 0.05) is 24.8 Å². The summed E-state index contributed by atoms with van der Waals surface area (Å²) in [6.45, 7) is 5.70. The Balaban J connectivity index is 1.43. The van der Waals surface area contributed by atoms with Crippen LogP contribution in [0.2, 0.25) is 0 Å². The van der Waals surface area contributed by atoms with Crippen molar-refractivity contribution in [1.29, 1.82) is 0 Å². The highest BCUT2D eigenvalue weighted by atomic mass is 19.1. The van der Waals surface area contributed by atoms with Crippen LogP contribution < -0.4 is 20.3 Å². The van der Waals surface area contributed by atoms with E-state index < -0.39 is 6.17 Å². The highest BCUT2D eigenvalue weighted by Crippen LogP contribution is 2.36. The summed E-state index contributed by atoms with van der Waals surface area (Å²) < 4.78 is 25.0. The van der Waals surface area contributed by atoms with Gasteiger partial charge in [-0.2, -0.15) is 4.98 Å². The molecular weight excluding hydrogens is 461 g/mol. The van der Waals surface area contributed by atoms with Gasteiger partial charge in [0.1, 0.15) is 29.1 Å². The lowest BCUT2D eigenvalue weighted by molar-refractivity contribution is 0.364. The summed E-state index contributed by atoms with van der Waals surface area (Å²) in [6.07, 6.45) is 3.10. The fourth-order valence-electron chi connectivity index (χ4n) is 4.17. The molecule has 10 heteroatoms. The molecule has 0 spiro atoms. The van der Waals surface area contributed by atoms with Crippen LogP contribution in [0.3, 0.4) is 0 Å². The van der Waals surface area contributed by atoms with Gasteiger partial charge in [-0.15, -0.1) is 0 Å². The third kappa shape index (κ3) is 5.07. The van der Waals surface area contributed by atoms with Crippen molar-refractivity contribution in [3.05, 3.63) is 54.4 Å². The van der Waals surface area contributed by atoms with E-state index in [0.717, 1.165) is 28.4 Å². The molecule has 1 atom stereocenters. The minimum atomic E-state index is -0.796. The highest BCUT2D eigenvalue weighted by Gasteiger charge is 2.23. The number of nitrogens with zero attached hydrogens (tertiary/aromatic N) is 5. The number of anilines is 4. The molecule has 0 aliphatic carbocycles. The molecule has 2 N–H and O–H groups in total. The number of methoxy groups -OCH3 is 1. The molecule has 5 rings (SSSR count). The van der Waals surface area contributed by atoms with Crippen LogP contribution in [0.5, 0.6) is 5.75 Å². The second-order valence-corrected chi connectivity index (χ2v) is 8.59. The summed E-state index contributed by atoms with van der Waals surface area (Å²) in [7, 11) is 1.64. The van der Waals surface area contributed by atoms with Crippen LogP contribution in [-0.4, -0.2) is 52.9 Å². The summed E-state index contributed by atoms with van der Waals surface area (Å²) in [5.41, 5.74) is 3.86. The molecule has 0 saturated carbocycles. The maximum Gasteiger partial charge on any atom is 0.295 e. The van der Waals surface area contributed by atoms with Gasteiger partial charge >= 0.3 is 0 Å². The van der Waals surface area contributed by atoms with E-state index in [-0.39, 0.29) is 0 Å². The van der Waals surface area contributed by atoms with Gasteiger partial charge in [-0.1, -0.05) is 0 Å². The van der Waals surface area contributed by atoms with Crippen LogP contribution in [-0.2, 0) is 0 Å². The molecule has 0 unspecified atom stereocenters. The zero-order chi connectivity index (χ0) is 25.1. The third-order valence-corrected chi connectivity index (χ3v) is 5.86. The number of aromatic nitrogens is 4. The Labute approximate surface area is 208 Å². The SMILES string of the molecule is CCNc1nc(-c2cc(C)cc(OC)c2)c(-c2ccnc(Nc3ccc(N4CC[C@@H](F)C4)nc3)n2)o1. The van der Waals surface area contributed by atoms with Crippen molar-refractivity contribution in [3.63, 3.8) is 0 Å². The Morgan fingerprint density at radius 2 is 2.06 bits per heavy atom. The van der Waals surface area contributed by atoms with Crippen LogP contribution in [0, 0.1) is 6.92 Å². The van der Waals surface area contributed by atoms with Gasteiger partial charge in [0.2, 0.25) is 5.95 Å². The number of benzene rings is 1. The second-order valence-electron chi connectivity index (χ2n) is 8.59.